The first-order valence-corrected chi connectivity index (χ1v) is 11.0. The van der Waals surface area contributed by atoms with Crippen molar-refractivity contribution < 1.29 is 0 Å². The molecular weight excluding hydrogens is 527 g/mol. The molecule has 1 aliphatic rings. The number of nitrogens with zero attached hydrogens (tertiary/aromatic N) is 7. The summed E-state index contributed by atoms with van der Waals surface area (Å²) in [5.74, 6) is 1.83. The van der Waals surface area contributed by atoms with Gasteiger partial charge in [0.05, 0.1) is 6.54 Å². The lowest BCUT2D eigenvalue weighted by atomic mass is 10.2. The van der Waals surface area contributed by atoms with Gasteiger partial charge in [-0.15, -0.1) is 24.0 Å². The van der Waals surface area contributed by atoms with Crippen molar-refractivity contribution in [1.29, 1.82) is 0 Å². The van der Waals surface area contributed by atoms with E-state index in [0.717, 1.165) is 69.0 Å². The van der Waals surface area contributed by atoms with Crippen molar-refractivity contribution in [3.63, 3.8) is 0 Å². The molecule has 1 fully saturated rings. The second kappa shape index (κ2) is 13.1. The van der Waals surface area contributed by atoms with Gasteiger partial charge in [-0.05, 0) is 31.5 Å². The number of guanidine groups is 1. The third kappa shape index (κ3) is 7.80. The Balaban J connectivity index is 0.00000341. The number of nitrogens with one attached hydrogen (secondary N) is 1. The molecule has 0 spiro atoms. The SMILES string of the molecule is CCNC(=NCCCN1CCN(c2cccc(Cl)c2)CC1)N(C)Cc1ncnn1C.I. The third-order valence-corrected chi connectivity index (χ3v) is 5.55. The van der Waals surface area contributed by atoms with Crippen LogP contribution in [0.4, 0.5) is 5.69 Å². The van der Waals surface area contributed by atoms with Gasteiger partial charge in [-0.25, -0.2) is 4.98 Å². The molecule has 8 nitrogen and oxygen atoms in total. The van der Waals surface area contributed by atoms with E-state index in [0.29, 0.717) is 6.54 Å². The van der Waals surface area contributed by atoms with Crippen molar-refractivity contribution in [2.24, 2.45) is 12.0 Å². The van der Waals surface area contributed by atoms with Crippen LogP contribution in [0.15, 0.2) is 35.6 Å². The summed E-state index contributed by atoms with van der Waals surface area (Å²) in [4.78, 5) is 16.1. The molecule has 172 valence electrons. The lowest BCUT2D eigenvalue weighted by Gasteiger charge is -2.36. The molecule has 1 aliphatic heterocycles. The van der Waals surface area contributed by atoms with Gasteiger partial charge in [-0.3, -0.25) is 14.6 Å². The summed E-state index contributed by atoms with van der Waals surface area (Å²) in [6.07, 6.45) is 2.63. The topological polar surface area (TPSA) is 64.8 Å². The highest BCUT2D eigenvalue weighted by molar-refractivity contribution is 14.0. The van der Waals surface area contributed by atoms with Crippen LogP contribution in [0.1, 0.15) is 19.2 Å². The van der Waals surface area contributed by atoms with Gasteiger partial charge in [-0.2, -0.15) is 5.10 Å². The van der Waals surface area contributed by atoms with Crippen LogP contribution in [0, 0.1) is 0 Å². The van der Waals surface area contributed by atoms with Crippen LogP contribution in [0.5, 0.6) is 0 Å². The molecule has 0 bridgehead atoms. The summed E-state index contributed by atoms with van der Waals surface area (Å²) >= 11 is 6.13. The van der Waals surface area contributed by atoms with E-state index >= 15 is 0 Å². The molecule has 31 heavy (non-hydrogen) atoms. The molecule has 2 aromatic rings. The minimum atomic E-state index is 0. The molecule has 3 rings (SSSR count). The Morgan fingerprint density at radius 2 is 2.03 bits per heavy atom. The molecule has 0 unspecified atom stereocenters. The van der Waals surface area contributed by atoms with Crippen LogP contribution in [-0.2, 0) is 13.6 Å². The highest BCUT2D eigenvalue weighted by atomic mass is 127. The zero-order valence-corrected chi connectivity index (χ0v) is 21.8. The molecule has 1 aromatic heterocycles. The standard InChI is InChI=1S/C21H33ClN8.HI/c1-4-23-21(27(2)16-20-25-17-26-28(20)3)24-9-6-10-29-11-13-30(14-12-29)19-8-5-7-18(22)15-19;/h5,7-8,15,17H,4,6,9-14,16H2,1-3H3,(H,23,24);1H. The van der Waals surface area contributed by atoms with Crippen molar-refractivity contribution in [2.75, 3.05) is 57.8 Å². The van der Waals surface area contributed by atoms with Gasteiger partial charge >= 0.3 is 0 Å². The number of rotatable bonds is 8. The zero-order chi connectivity index (χ0) is 21.3. The van der Waals surface area contributed by atoms with Crippen LogP contribution in [0.3, 0.4) is 0 Å². The molecule has 1 N–H and O–H groups in total. The number of halogens is 2. The van der Waals surface area contributed by atoms with E-state index in [2.05, 4.69) is 43.1 Å². The summed E-state index contributed by atoms with van der Waals surface area (Å²) < 4.78 is 1.79. The monoisotopic (exact) mass is 560 g/mol. The van der Waals surface area contributed by atoms with Crippen molar-refractivity contribution >= 4 is 47.2 Å². The van der Waals surface area contributed by atoms with E-state index in [9.17, 15) is 0 Å². The number of aryl methyl sites for hydroxylation is 1. The van der Waals surface area contributed by atoms with Crippen LogP contribution in [-0.4, -0.2) is 83.4 Å². The largest absolute Gasteiger partial charge is 0.369 e. The molecule has 0 radical (unpaired) electrons. The fourth-order valence-corrected chi connectivity index (χ4v) is 3.79. The number of benzene rings is 1. The van der Waals surface area contributed by atoms with Crippen molar-refractivity contribution in [2.45, 2.75) is 19.9 Å². The Bertz CT molecular complexity index is 819. The Labute approximate surface area is 207 Å². The van der Waals surface area contributed by atoms with Crippen molar-refractivity contribution in [3.8, 4) is 0 Å². The van der Waals surface area contributed by atoms with Crippen LogP contribution >= 0.6 is 35.6 Å². The Morgan fingerprint density at radius 1 is 1.26 bits per heavy atom. The molecule has 0 amide bonds. The Morgan fingerprint density at radius 3 is 2.68 bits per heavy atom. The predicted octanol–water partition coefficient (Wildman–Crippen LogP) is 2.70. The van der Waals surface area contributed by atoms with Crippen LogP contribution in [0.2, 0.25) is 5.02 Å². The van der Waals surface area contributed by atoms with Crippen LogP contribution < -0.4 is 10.2 Å². The Hall–Kier alpha value is -1.59. The molecule has 1 aromatic carbocycles. The van der Waals surface area contributed by atoms with Crippen molar-refractivity contribution in [1.82, 2.24) is 29.9 Å². The number of hydrogen-bond acceptors (Lipinski definition) is 5. The second-order valence-corrected chi connectivity index (χ2v) is 7.99. The molecule has 10 heteroatoms. The van der Waals surface area contributed by atoms with Gasteiger partial charge in [0, 0.05) is 70.6 Å². The molecule has 0 saturated carbocycles. The number of hydrogen-bond donors (Lipinski definition) is 1. The van der Waals surface area contributed by atoms with Gasteiger partial charge in [0.15, 0.2) is 5.96 Å². The molecule has 2 heterocycles. The second-order valence-electron chi connectivity index (χ2n) is 7.55. The van der Waals surface area contributed by atoms with Crippen LogP contribution in [0.25, 0.3) is 0 Å². The summed E-state index contributed by atoms with van der Waals surface area (Å²) in [5, 5.41) is 8.30. The maximum absolute atomic E-state index is 6.13. The lowest BCUT2D eigenvalue weighted by molar-refractivity contribution is 0.256. The van der Waals surface area contributed by atoms with Crippen molar-refractivity contribution in [3.05, 3.63) is 41.4 Å². The minimum Gasteiger partial charge on any atom is -0.369 e. The number of anilines is 1. The maximum Gasteiger partial charge on any atom is 0.194 e. The Kier molecular flexibility index (Phi) is 10.8. The first-order valence-electron chi connectivity index (χ1n) is 10.6. The minimum absolute atomic E-state index is 0. The van der Waals surface area contributed by atoms with Gasteiger partial charge in [0.2, 0.25) is 0 Å². The lowest BCUT2D eigenvalue weighted by Crippen LogP contribution is -2.46. The summed E-state index contributed by atoms with van der Waals surface area (Å²) in [6, 6.07) is 8.13. The molecule has 0 aliphatic carbocycles. The highest BCUT2D eigenvalue weighted by Crippen LogP contribution is 2.20. The first-order chi connectivity index (χ1) is 14.6. The third-order valence-electron chi connectivity index (χ3n) is 5.32. The predicted molar refractivity (Wildman–Crippen MR) is 139 cm³/mol. The van der Waals surface area contributed by atoms with E-state index in [1.165, 1.54) is 5.69 Å². The zero-order valence-electron chi connectivity index (χ0n) is 18.7. The van der Waals surface area contributed by atoms with E-state index in [1.807, 2.05) is 32.3 Å². The van der Waals surface area contributed by atoms with E-state index in [4.69, 9.17) is 16.6 Å². The summed E-state index contributed by atoms with van der Waals surface area (Å²) in [6.45, 7) is 9.69. The van der Waals surface area contributed by atoms with E-state index in [1.54, 1.807) is 11.0 Å². The molecule has 1 saturated heterocycles. The fraction of sp³-hybridized carbons (Fsp3) is 0.571. The number of aromatic nitrogens is 3. The van der Waals surface area contributed by atoms with Gasteiger partial charge in [0.1, 0.15) is 12.2 Å². The smallest absolute Gasteiger partial charge is 0.194 e. The average Bonchev–Trinajstić information content (AvgIpc) is 3.15. The summed E-state index contributed by atoms with van der Waals surface area (Å²) in [5.41, 5.74) is 1.22. The summed E-state index contributed by atoms with van der Waals surface area (Å²) in [7, 11) is 3.94. The quantitative estimate of drug-likeness (QED) is 0.232. The fourth-order valence-electron chi connectivity index (χ4n) is 3.60. The van der Waals surface area contributed by atoms with Gasteiger partial charge < -0.3 is 15.1 Å². The van der Waals surface area contributed by atoms with E-state index in [-0.39, 0.29) is 24.0 Å². The number of piperazine rings is 1. The van der Waals surface area contributed by atoms with Gasteiger partial charge in [0.25, 0.3) is 0 Å². The average molecular weight is 561 g/mol. The van der Waals surface area contributed by atoms with Gasteiger partial charge in [-0.1, -0.05) is 17.7 Å². The van der Waals surface area contributed by atoms with E-state index < -0.39 is 0 Å². The molecular formula is C21H34ClIN8. The normalized spacial score (nSPS) is 15.0. The first kappa shape index (κ1) is 25.7. The number of aliphatic imine (C=N–C) groups is 1. The highest BCUT2D eigenvalue weighted by Gasteiger charge is 2.17. The molecule has 0 atom stereocenters. The maximum atomic E-state index is 6.13.